The first kappa shape index (κ1) is 18.4. The molecule has 0 amide bonds. The Morgan fingerprint density at radius 3 is 1.95 bits per heavy atom. The van der Waals surface area contributed by atoms with Crippen LogP contribution in [0.3, 0.4) is 0 Å². The first-order valence-corrected chi connectivity index (χ1v) is 15.5. The van der Waals surface area contributed by atoms with Gasteiger partial charge in [0.05, 0.1) is 22.8 Å². The van der Waals surface area contributed by atoms with Crippen molar-refractivity contribution in [1.29, 1.82) is 0 Å². The van der Waals surface area contributed by atoms with E-state index in [0.29, 0.717) is 0 Å². The molecule has 0 heterocycles. The zero-order chi connectivity index (χ0) is 16.1. The molecule has 1 rings (SSSR count). The lowest BCUT2D eigenvalue weighted by atomic mass is 10.2. The van der Waals surface area contributed by atoms with Gasteiger partial charge in [0, 0.05) is 0 Å². The summed E-state index contributed by atoms with van der Waals surface area (Å²) in [6.45, 7) is 17.5. The molecule has 0 aliphatic carbocycles. The van der Waals surface area contributed by atoms with Crippen molar-refractivity contribution in [2.45, 2.75) is 46.2 Å². The molecule has 0 aliphatic heterocycles. The van der Waals surface area contributed by atoms with Crippen molar-refractivity contribution in [2.24, 2.45) is 0 Å². The number of hydrogen-bond donors (Lipinski definition) is 0. The zero-order valence-electron chi connectivity index (χ0n) is 14.5. The van der Waals surface area contributed by atoms with Gasteiger partial charge in [0.2, 0.25) is 0 Å². The fourth-order valence-corrected chi connectivity index (χ4v) is 15.5. The molecule has 0 N–H and O–H groups in total. The molecule has 0 atom stereocenters. The lowest BCUT2D eigenvalue weighted by Gasteiger charge is -2.30. The largest absolute Gasteiger partial charge is 0.489 e. The lowest BCUT2D eigenvalue weighted by Crippen LogP contribution is -2.48. The quantitative estimate of drug-likeness (QED) is 0.357. The third-order valence-corrected chi connectivity index (χ3v) is 15.8. The highest BCUT2D eigenvalue weighted by atomic mass is 31.1. The van der Waals surface area contributed by atoms with Crippen LogP contribution in [-0.4, -0.2) is 27.3 Å². The van der Waals surface area contributed by atoms with E-state index in [-0.39, 0.29) is 0 Å². The summed E-state index contributed by atoms with van der Waals surface area (Å²) in [7, 11) is -1.26. The maximum absolute atomic E-state index is 5.94. The fourth-order valence-electron chi connectivity index (χ4n) is 2.52. The van der Waals surface area contributed by atoms with Gasteiger partial charge in [0.15, 0.2) is 0 Å². The molecule has 0 fully saturated rings. The van der Waals surface area contributed by atoms with Crippen LogP contribution >= 0.6 is 8.20 Å². The van der Waals surface area contributed by atoms with Crippen LogP contribution in [0.1, 0.15) is 12.5 Å². The van der Waals surface area contributed by atoms with Crippen LogP contribution in [0, 0.1) is 0 Å². The topological polar surface area (TPSA) is 9.23 Å². The average Bonchev–Trinajstić information content (AvgIpc) is 2.34. The molecule has 0 unspecified atom stereocenters. The summed E-state index contributed by atoms with van der Waals surface area (Å²) in [6, 6.07) is 10.5. The molecule has 1 nitrogen and oxygen atoms in total. The molecule has 0 aromatic heterocycles. The van der Waals surface area contributed by atoms with Crippen molar-refractivity contribution in [2.75, 3.05) is 6.61 Å². The first-order valence-electron chi connectivity index (χ1n) is 7.64. The van der Waals surface area contributed by atoms with Gasteiger partial charge >= 0.3 is 0 Å². The van der Waals surface area contributed by atoms with E-state index in [1.807, 2.05) is 0 Å². The molecule has 116 valence electrons. The Morgan fingerprint density at radius 1 is 1.00 bits per heavy atom. The summed E-state index contributed by atoms with van der Waals surface area (Å²) >= 11 is 0. The van der Waals surface area contributed by atoms with Gasteiger partial charge in [-0.25, -0.2) is 0 Å². The van der Waals surface area contributed by atoms with Crippen molar-refractivity contribution < 1.29 is 4.74 Å². The van der Waals surface area contributed by atoms with E-state index in [0.717, 1.165) is 12.1 Å². The van der Waals surface area contributed by atoms with E-state index in [4.69, 9.17) is 4.74 Å². The van der Waals surface area contributed by atoms with Crippen molar-refractivity contribution in [3.05, 3.63) is 41.4 Å². The van der Waals surface area contributed by atoms with E-state index < -0.39 is 16.1 Å². The first-order chi connectivity index (χ1) is 9.64. The molecule has 0 spiro atoms. The molecule has 0 bridgehead atoms. The molecule has 1 aromatic rings. The van der Waals surface area contributed by atoms with Gasteiger partial charge in [0.25, 0.3) is 0 Å². The number of ether oxygens (including phenoxy) is 1. The average molecular weight is 337 g/mol. The number of hydrogen-bond acceptors (Lipinski definition) is 1. The molecule has 4 heteroatoms. The fraction of sp³-hybridized carbons (Fsp3) is 0.471. The van der Waals surface area contributed by atoms with E-state index in [2.05, 4.69) is 82.6 Å². The Hall–Kier alpha value is -0.636. The summed E-state index contributed by atoms with van der Waals surface area (Å²) in [4.78, 5) is 0. The van der Waals surface area contributed by atoms with Gasteiger partial charge in [0.1, 0.15) is 5.50 Å². The molecule has 0 saturated carbocycles. The smallest absolute Gasteiger partial charge is 0.145 e. The van der Waals surface area contributed by atoms with Crippen LogP contribution in [-0.2, 0) is 4.74 Å². The van der Waals surface area contributed by atoms with Crippen molar-refractivity contribution >= 4 is 35.0 Å². The molecule has 21 heavy (non-hydrogen) atoms. The van der Waals surface area contributed by atoms with Crippen molar-refractivity contribution in [3.63, 3.8) is 0 Å². The molecule has 0 saturated heterocycles. The van der Waals surface area contributed by atoms with Crippen LogP contribution < -0.4 is 0 Å². The van der Waals surface area contributed by atoms with Crippen LogP contribution in [0.25, 0.3) is 6.08 Å². The van der Waals surface area contributed by atoms with Crippen LogP contribution in [0.15, 0.2) is 35.8 Å². The standard InChI is InChI=1S/C17H29OPSi2/c1-8-18-16(14-15-12-10-9-11-13-15)19-17(20(2,3)4)21(5,6)7/h9-14H,8H2,1-7H3/b16-14+. The predicted molar refractivity (Wildman–Crippen MR) is 105 cm³/mol. The monoisotopic (exact) mass is 336 g/mol. The van der Waals surface area contributed by atoms with Gasteiger partial charge < -0.3 is 4.74 Å². The maximum Gasteiger partial charge on any atom is 0.145 e. The lowest BCUT2D eigenvalue weighted by molar-refractivity contribution is 0.260. The van der Waals surface area contributed by atoms with Gasteiger partial charge in [-0.05, 0) is 26.8 Å². The highest BCUT2D eigenvalue weighted by molar-refractivity contribution is 7.65. The Morgan fingerprint density at radius 2 is 1.52 bits per heavy atom. The second kappa shape index (κ2) is 7.57. The predicted octanol–water partition coefficient (Wildman–Crippen LogP) is 5.89. The Kier molecular flexibility index (Phi) is 6.64. The molecular formula is C17H29OPSi2. The molecule has 0 aliphatic rings. The normalized spacial score (nSPS) is 13.4. The maximum atomic E-state index is 5.94. The summed E-state index contributed by atoms with van der Waals surface area (Å²) < 4.78 is 7.71. The number of rotatable bonds is 6. The molecule has 0 radical (unpaired) electrons. The Labute approximate surface area is 134 Å². The third-order valence-electron chi connectivity index (χ3n) is 3.02. The highest BCUT2D eigenvalue weighted by Crippen LogP contribution is 2.29. The van der Waals surface area contributed by atoms with Gasteiger partial charge in [-0.15, -0.1) is 0 Å². The SMILES string of the molecule is CCO/C(=C\c1ccccc1)P=C([Si](C)(C)C)[Si](C)(C)C. The minimum atomic E-state index is -1.29. The van der Waals surface area contributed by atoms with Crippen LogP contribution in [0.5, 0.6) is 0 Å². The second-order valence-electron chi connectivity index (χ2n) is 7.29. The summed E-state index contributed by atoms with van der Waals surface area (Å²) in [5.74, 6) is 0. The Balaban J connectivity index is 3.27. The van der Waals surface area contributed by atoms with Crippen molar-refractivity contribution in [1.82, 2.24) is 0 Å². The van der Waals surface area contributed by atoms with E-state index in [1.54, 1.807) is 4.54 Å². The number of benzene rings is 1. The van der Waals surface area contributed by atoms with E-state index in [1.165, 1.54) is 13.8 Å². The van der Waals surface area contributed by atoms with Gasteiger partial charge in [-0.1, -0.05) is 74.2 Å². The highest BCUT2D eigenvalue weighted by Gasteiger charge is 2.31. The minimum Gasteiger partial charge on any atom is -0.489 e. The second-order valence-corrected chi connectivity index (χ2v) is 19.7. The molecular weight excluding hydrogens is 307 g/mol. The van der Waals surface area contributed by atoms with E-state index in [9.17, 15) is 0 Å². The summed E-state index contributed by atoms with van der Waals surface area (Å²) in [5, 5.41) is 0. The van der Waals surface area contributed by atoms with Gasteiger partial charge in [-0.3, -0.25) is 0 Å². The molecule has 1 aromatic carbocycles. The summed E-state index contributed by atoms with van der Waals surface area (Å²) in [5.41, 5.74) is 2.32. The third kappa shape index (κ3) is 6.33. The van der Waals surface area contributed by atoms with E-state index >= 15 is 0 Å². The Bertz CT molecular complexity index is 492. The van der Waals surface area contributed by atoms with Crippen LogP contribution in [0.4, 0.5) is 0 Å². The van der Waals surface area contributed by atoms with Crippen LogP contribution in [0.2, 0.25) is 39.3 Å². The van der Waals surface area contributed by atoms with Crippen molar-refractivity contribution in [3.8, 4) is 0 Å². The summed E-state index contributed by atoms with van der Waals surface area (Å²) in [6.07, 6.45) is 2.20. The zero-order valence-corrected chi connectivity index (χ0v) is 17.4. The minimum absolute atomic E-state index is 0.732. The van der Waals surface area contributed by atoms with Gasteiger partial charge in [-0.2, -0.15) is 0 Å².